The summed E-state index contributed by atoms with van der Waals surface area (Å²) in [6.07, 6.45) is 4.82. The normalized spacial score (nSPS) is 25.4. The molecule has 0 spiro atoms. The van der Waals surface area contributed by atoms with Crippen LogP contribution in [0.15, 0.2) is 18.2 Å². The van der Waals surface area contributed by atoms with Crippen molar-refractivity contribution in [3.8, 4) is 0 Å². The van der Waals surface area contributed by atoms with Gasteiger partial charge in [-0.1, -0.05) is 35.7 Å². The predicted octanol–water partition coefficient (Wildman–Crippen LogP) is 3.68. The van der Waals surface area contributed by atoms with Gasteiger partial charge in [0, 0.05) is 11.3 Å². The summed E-state index contributed by atoms with van der Waals surface area (Å²) in [7, 11) is 2.00. The van der Waals surface area contributed by atoms with Crippen molar-refractivity contribution in [2.45, 2.75) is 50.8 Å². The van der Waals surface area contributed by atoms with Crippen molar-refractivity contribution < 1.29 is 5.11 Å². The van der Waals surface area contributed by atoms with Gasteiger partial charge in [-0.2, -0.15) is 11.8 Å². The standard InChI is InChI=1S/C18H29NOS/c1-14-9-15(2)11-16(10-14)12-21-8-6-17-5-4-7-18(17,13-20)19-3/h9-11,17,19-20H,4-8,12-13H2,1-3H3. The minimum atomic E-state index is -0.0134. The van der Waals surface area contributed by atoms with E-state index in [1.165, 1.54) is 41.7 Å². The fourth-order valence-electron chi connectivity index (χ4n) is 3.75. The van der Waals surface area contributed by atoms with E-state index in [9.17, 15) is 5.11 Å². The molecule has 0 amide bonds. The van der Waals surface area contributed by atoms with Crippen LogP contribution in [0.5, 0.6) is 0 Å². The summed E-state index contributed by atoms with van der Waals surface area (Å²) in [5, 5.41) is 13.1. The molecule has 0 aromatic heterocycles. The van der Waals surface area contributed by atoms with Gasteiger partial charge in [-0.15, -0.1) is 0 Å². The summed E-state index contributed by atoms with van der Waals surface area (Å²) >= 11 is 2.02. The van der Waals surface area contributed by atoms with E-state index in [0.29, 0.717) is 5.92 Å². The highest BCUT2D eigenvalue weighted by atomic mass is 32.2. The molecular weight excluding hydrogens is 278 g/mol. The second-order valence-electron chi connectivity index (χ2n) is 6.49. The first kappa shape index (κ1) is 16.9. The van der Waals surface area contributed by atoms with Crippen LogP contribution in [-0.2, 0) is 5.75 Å². The van der Waals surface area contributed by atoms with Crippen molar-refractivity contribution in [2.75, 3.05) is 19.4 Å². The van der Waals surface area contributed by atoms with Crippen molar-refractivity contribution >= 4 is 11.8 Å². The number of likely N-dealkylation sites (N-methyl/N-ethyl adjacent to an activating group) is 1. The van der Waals surface area contributed by atoms with E-state index >= 15 is 0 Å². The summed E-state index contributed by atoms with van der Waals surface area (Å²) in [4.78, 5) is 0. The van der Waals surface area contributed by atoms with Gasteiger partial charge >= 0.3 is 0 Å². The zero-order chi connectivity index (χ0) is 15.3. The van der Waals surface area contributed by atoms with E-state index in [-0.39, 0.29) is 12.1 Å². The maximum atomic E-state index is 9.71. The Bertz CT molecular complexity index is 436. The summed E-state index contributed by atoms with van der Waals surface area (Å²) < 4.78 is 0. The van der Waals surface area contributed by atoms with Crippen molar-refractivity contribution in [1.82, 2.24) is 5.32 Å². The number of benzene rings is 1. The molecule has 118 valence electrons. The zero-order valence-electron chi connectivity index (χ0n) is 13.6. The Labute approximate surface area is 133 Å². The highest BCUT2D eigenvalue weighted by Crippen LogP contribution is 2.38. The molecule has 2 unspecified atom stereocenters. The fraction of sp³-hybridized carbons (Fsp3) is 0.667. The lowest BCUT2D eigenvalue weighted by Gasteiger charge is -2.33. The molecule has 2 N–H and O–H groups in total. The van der Waals surface area contributed by atoms with Crippen LogP contribution in [0.1, 0.15) is 42.4 Å². The third kappa shape index (κ3) is 4.24. The molecule has 1 saturated carbocycles. The highest BCUT2D eigenvalue weighted by molar-refractivity contribution is 7.98. The summed E-state index contributed by atoms with van der Waals surface area (Å²) in [6.45, 7) is 4.61. The molecule has 3 heteroatoms. The maximum Gasteiger partial charge on any atom is 0.0615 e. The molecule has 2 atom stereocenters. The average molecular weight is 308 g/mol. The second-order valence-corrected chi connectivity index (χ2v) is 7.60. The number of aliphatic hydroxyl groups excluding tert-OH is 1. The Morgan fingerprint density at radius 3 is 2.62 bits per heavy atom. The van der Waals surface area contributed by atoms with Gasteiger partial charge in [-0.25, -0.2) is 0 Å². The number of aryl methyl sites for hydroxylation is 2. The van der Waals surface area contributed by atoms with Crippen LogP contribution in [0.4, 0.5) is 0 Å². The Kier molecular flexibility index (Phi) is 6.15. The Hall–Kier alpha value is -0.510. The number of rotatable bonds is 7. The second kappa shape index (κ2) is 7.66. The molecule has 1 aromatic rings. The highest BCUT2D eigenvalue weighted by Gasteiger charge is 2.40. The number of thioether (sulfide) groups is 1. The quantitative estimate of drug-likeness (QED) is 0.754. The van der Waals surface area contributed by atoms with Crippen molar-refractivity contribution in [2.24, 2.45) is 5.92 Å². The van der Waals surface area contributed by atoms with Gasteiger partial charge in [-0.05, 0) is 57.4 Å². The predicted molar refractivity (Wildman–Crippen MR) is 92.9 cm³/mol. The number of hydrogen-bond donors (Lipinski definition) is 2. The molecule has 1 aromatic carbocycles. The monoisotopic (exact) mass is 307 g/mol. The molecule has 1 fully saturated rings. The first-order valence-electron chi connectivity index (χ1n) is 8.04. The molecule has 1 aliphatic rings. The van der Waals surface area contributed by atoms with E-state index < -0.39 is 0 Å². The Morgan fingerprint density at radius 1 is 1.29 bits per heavy atom. The molecule has 21 heavy (non-hydrogen) atoms. The fourth-order valence-corrected chi connectivity index (χ4v) is 4.75. The van der Waals surface area contributed by atoms with Gasteiger partial charge < -0.3 is 10.4 Å². The van der Waals surface area contributed by atoms with Gasteiger partial charge in [-0.3, -0.25) is 0 Å². The molecular formula is C18H29NOS. The minimum Gasteiger partial charge on any atom is -0.394 e. The van der Waals surface area contributed by atoms with Crippen LogP contribution in [0.3, 0.4) is 0 Å². The van der Waals surface area contributed by atoms with E-state index in [2.05, 4.69) is 37.4 Å². The number of nitrogens with one attached hydrogen (secondary N) is 1. The smallest absolute Gasteiger partial charge is 0.0615 e. The first-order valence-corrected chi connectivity index (χ1v) is 9.20. The van der Waals surface area contributed by atoms with E-state index in [0.717, 1.165) is 12.2 Å². The van der Waals surface area contributed by atoms with Crippen LogP contribution in [-0.4, -0.2) is 30.1 Å². The summed E-state index contributed by atoms with van der Waals surface area (Å²) in [5.41, 5.74) is 4.14. The Morgan fingerprint density at radius 2 is 2.00 bits per heavy atom. The Balaban J connectivity index is 1.79. The van der Waals surface area contributed by atoms with Gasteiger partial charge in [0.1, 0.15) is 0 Å². The zero-order valence-corrected chi connectivity index (χ0v) is 14.4. The van der Waals surface area contributed by atoms with E-state index in [1.54, 1.807) is 0 Å². The van der Waals surface area contributed by atoms with E-state index in [4.69, 9.17) is 0 Å². The minimum absolute atomic E-state index is 0.0134. The third-order valence-corrected chi connectivity index (χ3v) is 5.96. The largest absolute Gasteiger partial charge is 0.394 e. The van der Waals surface area contributed by atoms with Gasteiger partial charge in [0.2, 0.25) is 0 Å². The molecule has 0 saturated heterocycles. The molecule has 0 aliphatic heterocycles. The van der Waals surface area contributed by atoms with Crippen LogP contribution in [0, 0.1) is 19.8 Å². The first-order chi connectivity index (χ1) is 10.1. The van der Waals surface area contributed by atoms with E-state index in [1.807, 2.05) is 18.8 Å². The lowest BCUT2D eigenvalue weighted by molar-refractivity contribution is 0.130. The third-order valence-electron chi connectivity index (χ3n) is 4.90. The lowest BCUT2D eigenvalue weighted by atomic mass is 9.86. The SMILES string of the molecule is CNC1(CO)CCCC1CCSCc1cc(C)cc(C)c1. The van der Waals surface area contributed by atoms with Crippen molar-refractivity contribution in [3.63, 3.8) is 0 Å². The van der Waals surface area contributed by atoms with Crippen LogP contribution in [0.25, 0.3) is 0 Å². The van der Waals surface area contributed by atoms with Gasteiger partial charge in [0.05, 0.1) is 6.61 Å². The molecule has 0 heterocycles. The molecule has 0 radical (unpaired) electrons. The summed E-state index contributed by atoms with van der Waals surface area (Å²) in [6, 6.07) is 6.82. The molecule has 0 bridgehead atoms. The van der Waals surface area contributed by atoms with Gasteiger partial charge in [0.25, 0.3) is 0 Å². The molecule has 2 nitrogen and oxygen atoms in total. The maximum absolute atomic E-state index is 9.71. The van der Waals surface area contributed by atoms with Gasteiger partial charge in [0.15, 0.2) is 0 Å². The van der Waals surface area contributed by atoms with Crippen molar-refractivity contribution in [1.29, 1.82) is 0 Å². The molecule has 2 rings (SSSR count). The van der Waals surface area contributed by atoms with Crippen LogP contribution in [0.2, 0.25) is 0 Å². The van der Waals surface area contributed by atoms with Crippen LogP contribution >= 0.6 is 11.8 Å². The lowest BCUT2D eigenvalue weighted by Crippen LogP contribution is -2.49. The number of hydrogen-bond acceptors (Lipinski definition) is 3. The number of aliphatic hydroxyl groups is 1. The molecule has 1 aliphatic carbocycles. The topological polar surface area (TPSA) is 32.3 Å². The average Bonchev–Trinajstić information content (AvgIpc) is 2.86. The van der Waals surface area contributed by atoms with Crippen molar-refractivity contribution in [3.05, 3.63) is 34.9 Å². The van der Waals surface area contributed by atoms with Crippen LogP contribution < -0.4 is 5.32 Å². The summed E-state index contributed by atoms with van der Waals surface area (Å²) in [5.74, 6) is 2.90.